The Morgan fingerprint density at radius 3 is 2.88 bits per heavy atom. The number of aliphatic hydroxyl groups is 1. The number of ether oxygens (including phenoxy) is 2. The molecule has 0 spiro atoms. The normalized spacial score (nSPS) is 12.8. The smallest absolute Gasteiger partial charge is 0.280 e. The molecule has 0 aliphatic heterocycles. The van der Waals surface area contributed by atoms with Crippen molar-refractivity contribution in [1.82, 2.24) is 19.5 Å². The number of nitrogens with two attached hydrogens (primary N) is 1. The predicted octanol–water partition coefficient (Wildman–Crippen LogP) is 1.40. The zero-order valence-electron chi connectivity index (χ0n) is 14.2. The average Bonchev–Trinajstić information content (AvgIpc) is 2.89. The minimum absolute atomic E-state index is 0.000251. The quantitative estimate of drug-likeness (QED) is 0.372. The van der Waals surface area contributed by atoms with Gasteiger partial charge in [-0.1, -0.05) is 26.2 Å². The summed E-state index contributed by atoms with van der Waals surface area (Å²) < 4.78 is 13.2. The summed E-state index contributed by atoms with van der Waals surface area (Å²) in [4.78, 5) is 22.4. The number of aliphatic hydroxyl groups excluding tert-OH is 1. The Bertz CT molecular complexity index is 733. The van der Waals surface area contributed by atoms with Crippen LogP contribution in [0.1, 0.15) is 32.6 Å². The Morgan fingerprint density at radius 2 is 2.16 bits per heavy atom. The molecule has 4 N–H and O–H groups in total. The molecule has 0 bridgehead atoms. The van der Waals surface area contributed by atoms with Crippen LogP contribution in [-0.2, 0) is 16.2 Å². The lowest BCUT2D eigenvalue weighted by molar-refractivity contribution is -0.0673. The van der Waals surface area contributed by atoms with Crippen molar-refractivity contribution in [3.63, 3.8) is 0 Å². The van der Waals surface area contributed by atoms with Gasteiger partial charge in [0.25, 0.3) is 5.56 Å². The summed E-state index contributed by atoms with van der Waals surface area (Å²) >= 11 is 3.27. The van der Waals surface area contributed by atoms with Gasteiger partial charge in [-0.2, -0.15) is 4.98 Å². The number of anilines is 1. The maximum Gasteiger partial charge on any atom is 0.280 e. The van der Waals surface area contributed by atoms with Crippen molar-refractivity contribution in [2.45, 2.75) is 45.4 Å². The average molecular weight is 418 g/mol. The molecule has 25 heavy (non-hydrogen) atoms. The lowest BCUT2D eigenvalue weighted by Gasteiger charge is -2.16. The van der Waals surface area contributed by atoms with Crippen molar-refractivity contribution in [1.29, 1.82) is 0 Å². The number of hydrogen-bond donors (Lipinski definition) is 3. The van der Waals surface area contributed by atoms with Crippen LogP contribution in [0.3, 0.4) is 0 Å². The summed E-state index contributed by atoms with van der Waals surface area (Å²) in [7, 11) is 0. The number of nitrogen functional groups attached to an aromatic ring is 1. The van der Waals surface area contributed by atoms with E-state index >= 15 is 0 Å². The van der Waals surface area contributed by atoms with Gasteiger partial charge in [-0.25, -0.2) is 4.98 Å². The highest BCUT2D eigenvalue weighted by Crippen LogP contribution is 2.17. The molecule has 1 atom stereocenters. The van der Waals surface area contributed by atoms with Crippen LogP contribution >= 0.6 is 15.9 Å². The topological polar surface area (TPSA) is 128 Å². The van der Waals surface area contributed by atoms with E-state index in [1.54, 1.807) is 4.57 Å². The number of unbranched alkanes of at least 4 members (excludes halogenated alkanes) is 3. The third kappa shape index (κ3) is 5.50. The van der Waals surface area contributed by atoms with E-state index in [4.69, 9.17) is 15.2 Å². The third-order valence-corrected chi connectivity index (χ3v) is 4.27. The van der Waals surface area contributed by atoms with Crippen molar-refractivity contribution in [3.8, 4) is 0 Å². The molecule has 0 aliphatic rings. The number of halogens is 1. The second-order valence-corrected chi connectivity index (χ2v) is 6.38. The first-order valence-electron chi connectivity index (χ1n) is 8.28. The highest BCUT2D eigenvalue weighted by atomic mass is 79.9. The van der Waals surface area contributed by atoms with E-state index in [1.807, 2.05) is 0 Å². The number of aromatic amines is 1. The van der Waals surface area contributed by atoms with Crippen LogP contribution in [0.2, 0.25) is 0 Å². The number of aromatic nitrogens is 4. The lowest BCUT2D eigenvalue weighted by Crippen LogP contribution is -2.25. The predicted molar refractivity (Wildman–Crippen MR) is 97.2 cm³/mol. The second kappa shape index (κ2) is 9.85. The van der Waals surface area contributed by atoms with Gasteiger partial charge in [-0.05, 0) is 22.4 Å². The van der Waals surface area contributed by atoms with Crippen molar-refractivity contribution in [2.24, 2.45) is 0 Å². The zero-order valence-corrected chi connectivity index (χ0v) is 15.8. The summed E-state index contributed by atoms with van der Waals surface area (Å²) in [6.07, 6.45) is 4.03. The highest BCUT2D eigenvalue weighted by molar-refractivity contribution is 9.10. The molecule has 10 heteroatoms. The van der Waals surface area contributed by atoms with Crippen LogP contribution in [0.15, 0.2) is 9.53 Å². The number of hydrogen-bond acceptors (Lipinski definition) is 7. The zero-order chi connectivity index (χ0) is 18.2. The Hall–Kier alpha value is -1.49. The molecule has 0 radical (unpaired) electrons. The molecule has 0 saturated carbocycles. The van der Waals surface area contributed by atoms with Crippen molar-refractivity contribution < 1.29 is 14.6 Å². The molecular formula is C15H24BrN5O4. The van der Waals surface area contributed by atoms with Crippen molar-refractivity contribution >= 4 is 33.0 Å². The van der Waals surface area contributed by atoms with E-state index < -0.39 is 11.7 Å². The number of imidazole rings is 1. The maximum absolute atomic E-state index is 11.8. The molecule has 0 amide bonds. The number of rotatable bonds is 11. The SMILES string of the molecule is CCCCCCOCC(CO)OCn1c(Br)nc2c(=O)[nH]c(N)nc21. The summed E-state index contributed by atoms with van der Waals surface area (Å²) in [5.74, 6) is 0.000251. The number of H-pyrrole nitrogens is 1. The first-order valence-corrected chi connectivity index (χ1v) is 9.07. The molecule has 0 aliphatic carbocycles. The molecular weight excluding hydrogens is 394 g/mol. The number of fused-ring (bicyclic) bond motifs is 1. The van der Waals surface area contributed by atoms with Gasteiger partial charge in [0, 0.05) is 6.61 Å². The molecule has 9 nitrogen and oxygen atoms in total. The van der Waals surface area contributed by atoms with Crippen molar-refractivity contribution in [2.75, 3.05) is 25.6 Å². The largest absolute Gasteiger partial charge is 0.394 e. The Morgan fingerprint density at radius 1 is 1.36 bits per heavy atom. The van der Waals surface area contributed by atoms with E-state index in [0.717, 1.165) is 12.8 Å². The molecule has 2 rings (SSSR count). The molecule has 0 saturated heterocycles. The molecule has 0 aromatic carbocycles. The Kier molecular flexibility index (Phi) is 7.82. The monoisotopic (exact) mass is 417 g/mol. The van der Waals surface area contributed by atoms with Crippen LogP contribution in [0, 0.1) is 0 Å². The molecule has 2 heterocycles. The summed E-state index contributed by atoms with van der Waals surface area (Å²) in [5.41, 5.74) is 5.63. The van der Waals surface area contributed by atoms with E-state index in [2.05, 4.69) is 37.8 Å². The van der Waals surface area contributed by atoms with Crippen LogP contribution < -0.4 is 11.3 Å². The fourth-order valence-corrected chi connectivity index (χ4v) is 2.74. The van der Waals surface area contributed by atoms with Gasteiger partial charge in [-0.3, -0.25) is 14.3 Å². The maximum atomic E-state index is 11.8. The van der Waals surface area contributed by atoms with Gasteiger partial charge in [0.05, 0.1) is 13.2 Å². The molecule has 2 aromatic rings. The van der Waals surface area contributed by atoms with Gasteiger partial charge >= 0.3 is 0 Å². The Balaban J connectivity index is 1.92. The van der Waals surface area contributed by atoms with Crippen LogP contribution in [0.5, 0.6) is 0 Å². The van der Waals surface area contributed by atoms with Gasteiger partial charge in [0.2, 0.25) is 5.95 Å². The summed E-state index contributed by atoms with van der Waals surface area (Å²) in [6, 6.07) is 0. The van der Waals surface area contributed by atoms with Crippen molar-refractivity contribution in [3.05, 3.63) is 15.1 Å². The molecule has 140 valence electrons. The second-order valence-electron chi connectivity index (χ2n) is 5.67. The van der Waals surface area contributed by atoms with E-state index in [0.29, 0.717) is 23.6 Å². The highest BCUT2D eigenvalue weighted by Gasteiger charge is 2.16. The van der Waals surface area contributed by atoms with Gasteiger partial charge < -0.3 is 20.3 Å². The first-order chi connectivity index (χ1) is 12.1. The van der Waals surface area contributed by atoms with Crippen LogP contribution in [0.25, 0.3) is 11.2 Å². The summed E-state index contributed by atoms with van der Waals surface area (Å²) in [6.45, 7) is 2.98. The van der Waals surface area contributed by atoms with E-state index in [1.165, 1.54) is 12.8 Å². The molecule has 0 fully saturated rings. The minimum atomic E-state index is -0.477. The standard InChI is InChI=1S/C15H24BrN5O4/c1-2-3-4-5-6-24-8-10(7-22)25-9-21-12-11(18-14(21)16)13(23)20-15(17)19-12/h10,22H,2-9H2,1H3,(H3,17,19,20,23). The lowest BCUT2D eigenvalue weighted by atomic mass is 10.2. The Labute approximate surface area is 153 Å². The van der Waals surface area contributed by atoms with E-state index in [9.17, 15) is 9.90 Å². The van der Waals surface area contributed by atoms with Crippen LogP contribution in [-0.4, -0.2) is 50.6 Å². The van der Waals surface area contributed by atoms with Gasteiger partial charge in [-0.15, -0.1) is 0 Å². The number of nitrogens with one attached hydrogen (secondary N) is 1. The number of nitrogens with zero attached hydrogens (tertiary/aromatic N) is 3. The third-order valence-electron chi connectivity index (χ3n) is 3.67. The fraction of sp³-hybridized carbons (Fsp3) is 0.667. The molecule has 2 aromatic heterocycles. The fourth-order valence-electron chi connectivity index (χ4n) is 2.29. The molecule has 1 unspecified atom stereocenters. The van der Waals surface area contributed by atoms with Crippen LogP contribution in [0.4, 0.5) is 5.95 Å². The van der Waals surface area contributed by atoms with E-state index in [-0.39, 0.29) is 24.8 Å². The van der Waals surface area contributed by atoms with Gasteiger partial charge in [0.15, 0.2) is 15.9 Å². The van der Waals surface area contributed by atoms with Gasteiger partial charge in [0.1, 0.15) is 12.8 Å². The minimum Gasteiger partial charge on any atom is -0.394 e. The first kappa shape index (κ1) is 19.8. The summed E-state index contributed by atoms with van der Waals surface area (Å²) in [5, 5.41) is 9.43.